The highest BCUT2D eigenvalue weighted by Gasteiger charge is 2.37. The van der Waals surface area contributed by atoms with Crippen LogP contribution in [0.15, 0.2) is 9.85 Å². The van der Waals surface area contributed by atoms with Crippen molar-refractivity contribution >= 4 is 41.0 Å². The van der Waals surface area contributed by atoms with Crippen molar-refractivity contribution in [2.24, 2.45) is 5.92 Å². The van der Waals surface area contributed by atoms with Crippen molar-refractivity contribution in [1.82, 2.24) is 10.2 Å². The van der Waals surface area contributed by atoms with Crippen molar-refractivity contribution in [3.05, 3.63) is 5.51 Å². The summed E-state index contributed by atoms with van der Waals surface area (Å²) in [5.41, 5.74) is 1.37. The van der Waals surface area contributed by atoms with Crippen LogP contribution in [0.4, 0.5) is 0 Å². The maximum absolute atomic E-state index is 11.0. The van der Waals surface area contributed by atoms with Gasteiger partial charge in [-0.25, -0.2) is 0 Å². The van der Waals surface area contributed by atoms with Crippen molar-refractivity contribution in [3.63, 3.8) is 0 Å². The smallest absolute Gasteiger partial charge is 0.317 e. The van der Waals surface area contributed by atoms with Crippen molar-refractivity contribution in [1.29, 1.82) is 0 Å². The lowest BCUT2D eigenvalue weighted by atomic mass is 10.0. The van der Waals surface area contributed by atoms with E-state index in [1.54, 1.807) is 0 Å². The maximum atomic E-state index is 11.0. The van der Waals surface area contributed by atoms with E-state index in [1.807, 2.05) is 0 Å². The van der Waals surface area contributed by atoms with Gasteiger partial charge in [-0.05, 0) is 0 Å². The normalized spacial score (nSPS) is 13.8. The van der Waals surface area contributed by atoms with Gasteiger partial charge in [0.25, 0.3) is 0 Å². The SMILES string of the molecule is O=C(O)CC(C(=O)O)C(Sc1nncs1)C(=O)O. The summed E-state index contributed by atoms with van der Waals surface area (Å²) >= 11 is 1.74. The number of carboxylic acids is 3. The Kier molecular flexibility index (Phi) is 5.04. The Balaban J connectivity index is 2.90. The van der Waals surface area contributed by atoms with Crippen LogP contribution in [0.25, 0.3) is 0 Å². The molecule has 18 heavy (non-hydrogen) atoms. The fourth-order valence-electron chi connectivity index (χ4n) is 1.14. The Morgan fingerprint density at radius 3 is 2.33 bits per heavy atom. The summed E-state index contributed by atoms with van der Waals surface area (Å²) in [4.78, 5) is 32.5. The van der Waals surface area contributed by atoms with Gasteiger partial charge >= 0.3 is 17.9 Å². The summed E-state index contributed by atoms with van der Waals surface area (Å²) < 4.78 is 0.277. The molecular weight excluding hydrogens is 284 g/mol. The van der Waals surface area contributed by atoms with Gasteiger partial charge in [0.15, 0.2) is 4.34 Å². The zero-order valence-electron chi connectivity index (χ0n) is 8.72. The number of carboxylic acid groups (broad SMARTS) is 3. The van der Waals surface area contributed by atoms with Crippen LogP contribution < -0.4 is 0 Å². The highest BCUT2D eigenvalue weighted by atomic mass is 32.2. The molecule has 0 saturated heterocycles. The molecule has 0 saturated carbocycles. The maximum Gasteiger partial charge on any atom is 0.317 e. The summed E-state index contributed by atoms with van der Waals surface area (Å²) in [7, 11) is 0. The van der Waals surface area contributed by atoms with E-state index in [2.05, 4.69) is 10.2 Å². The molecule has 0 fully saturated rings. The first-order valence-corrected chi connectivity index (χ1v) is 6.28. The van der Waals surface area contributed by atoms with Gasteiger partial charge in [-0.3, -0.25) is 14.4 Å². The molecule has 1 aromatic rings. The second kappa shape index (κ2) is 6.31. The largest absolute Gasteiger partial charge is 0.481 e. The van der Waals surface area contributed by atoms with Crippen LogP contribution in [0.2, 0.25) is 0 Å². The van der Waals surface area contributed by atoms with Gasteiger partial charge in [0.1, 0.15) is 10.8 Å². The van der Waals surface area contributed by atoms with E-state index in [0.29, 0.717) is 11.8 Å². The van der Waals surface area contributed by atoms with Gasteiger partial charge in [-0.1, -0.05) is 23.1 Å². The molecule has 3 N–H and O–H groups in total. The fourth-order valence-corrected chi connectivity index (χ4v) is 2.87. The third kappa shape index (κ3) is 3.96. The number of nitrogens with zero attached hydrogens (tertiary/aromatic N) is 2. The van der Waals surface area contributed by atoms with Crippen molar-refractivity contribution < 1.29 is 29.7 Å². The topological polar surface area (TPSA) is 138 Å². The molecule has 0 amide bonds. The van der Waals surface area contributed by atoms with E-state index >= 15 is 0 Å². The van der Waals surface area contributed by atoms with Crippen LogP contribution in [0.5, 0.6) is 0 Å². The van der Waals surface area contributed by atoms with Gasteiger partial charge < -0.3 is 15.3 Å². The Hall–Kier alpha value is -1.68. The Labute approximate surface area is 109 Å². The minimum Gasteiger partial charge on any atom is -0.481 e. The molecular formula is C8H8N2O6S2. The van der Waals surface area contributed by atoms with Crippen LogP contribution in [0.1, 0.15) is 6.42 Å². The number of aliphatic carboxylic acids is 3. The molecule has 98 valence electrons. The van der Waals surface area contributed by atoms with Gasteiger partial charge in [0.05, 0.1) is 12.3 Å². The minimum atomic E-state index is -1.53. The van der Waals surface area contributed by atoms with E-state index in [9.17, 15) is 14.4 Å². The summed E-state index contributed by atoms with van der Waals surface area (Å²) in [6, 6.07) is 0. The quantitative estimate of drug-likeness (QED) is 0.604. The number of hydrogen-bond donors (Lipinski definition) is 3. The first kappa shape index (κ1) is 14.4. The van der Waals surface area contributed by atoms with Crippen molar-refractivity contribution in [2.45, 2.75) is 16.0 Å². The van der Waals surface area contributed by atoms with Crippen molar-refractivity contribution in [2.75, 3.05) is 0 Å². The van der Waals surface area contributed by atoms with E-state index in [1.165, 1.54) is 5.51 Å². The number of rotatable bonds is 7. The number of hydrogen-bond acceptors (Lipinski definition) is 7. The predicted molar refractivity (Wildman–Crippen MR) is 60.6 cm³/mol. The highest BCUT2D eigenvalue weighted by molar-refractivity contribution is 8.02. The molecule has 0 spiro atoms. The van der Waals surface area contributed by atoms with Crippen LogP contribution in [-0.4, -0.2) is 48.7 Å². The molecule has 1 rings (SSSR count). The monoisotopic (exact) mass is 292 g/mol. The third-order valence-corrected chi connectivity index (χ3v) is 4.02. The molecule has 0 bridgehead atoms. The average Bonchev–Trinajstić information content (AvgIpc) is 2.74. The number of carbonyl (C=O) groups is 3. The predicted octanol–water partition coefficient (Wildman–Crippen LogP) is 0.259. The molecule has 8 nitrogen and oxygen atoms in total. The third-order valence-electron chi connectivity index (χ3n) is 1.89. The molecule has 0 aliphatic rings. The molecule has 0 aliphatic heterocycles. The molecule has 1 heterocycles. The first-order chi connectivity index (χ1) is 8.41. The van der Waals surface area contributed by atoms with Gasteiger partial charge in [0, 0.05) is 0 Å². The Morgan fingerprint density at radius 1 is 1.28 bits per heavy atom. The van der Waals surface area contributed by atoms with E-state index in [4.69, 9.17) is 15.3 Å². The zero-order valence-corrected chi connectivity index (χ0v) is 10.3. The first-order valence-electron chi connectivity index (χ1n) is 4.52. The number of aromatic nitrogens is 2. The molecule has 2 unspecified atom stereocenters. The Morgan fingerprint density at radius 2 is 1.94 bits per heavy atom. The van der Waals surface area contributed by atoms with Crippen molar-refractivity contribution in [3.8, 4) is 0 Å². The van der Waals surface area contributed by atoms with Gasteiger partial charge in [-0.2, -0.15) is 0 Å². The minimum absolute atomic E-state index is 0.277. The molecule has 1 aromatic heterocycles. The summed E-state index contributed by atoms with van der Waals surface area (Å²) in [6.45, 7) is 0. The average molecular weight is 292 g/mol. The lowest BCUT2D eigenvalue weighted by Gasteiger charge is -2.16. The van der Waals surface area contributed by atoms with Crippen LogP contribution in [0.3, 0.4) is 0 Å². The zero-order chi connectivity index (χ0) is 13.7. The summed E-state index contributed by atoms with van der Waals surface area (Å²) in [5, 5.41) is 32.1. The molecule has 10 heteroatoms. The van der Waals surface area contributed by atoms with Gasteiger partial charge in [0.2, 0.25) is 0 Å². The molecule has 0 aromatic carbocycles. The van der Waals surface area contributed by atoms with Crippen LogP contribution >= 0.6 is 23.1 Å². The standard InChI is InChI=1S/C8H8N2O6S2/c11-4(12)1-3(6(13)14)5(7(15)16)18-8-10-9-2-17-8/h2-3,5H,1H2,(H,11,12)(H,13,14)(H,15,16). The number of thioether (sulfide) groups is 1. The second-order valence-electron chi connectivity index (χ2n) is 3.12. The second-order valence-corrected chi connectivity index (χ2v) is 5.35. The van der Waals surface area contributed by atoms with Crippen LogP contribution in [-0.2, 0) is 14.4 Å². The highest BCUT2D eigenvalue weighted by Crippen LogP contribution is 2.31. The lowest BCUT2D eigenvalue weighted by Crippen LogP contribution is -2.34. The molecule has 2 atom stereocenters. The fraction of sp³-hybridized carbons (Fsp3) is 0.375. The van der Waals surface area contributed by atoms with E-state index in [-0.39, 0.29) is 4.34 Å². The van der Waals surface area contributed by atoms with Gasteiger partial charge in [-0.15, -0.1) is 10.2 Å². The van der Waals surface area contributed by atoms with E-state index < -0.39 is 35.5 Å². The Bertz CT molecular complexity index is 448. The lowest BCUT2D eigenvalue weighted by molar-refractivity contribution is -0.151. The summed E-state index contributed by atoms with van der Waals surface area (Å²) in [5.74, 6) is -5.77. The van der Waals surface area contributed by atoms with Crippen LogP contribution in [0, 0.1) is 5.92 Å². The molecule has 0 aliphatic carbocycles. The summed E-state index contributed by atoms with van der Waals surface area (Å²) in [6.07, 6.45) is -0.766. The van der Waals surface area contributed by atoms with E-state index in [0.717, 1.165) is 11.3 Å². The molecule has 0 radical (unpaired) electrons.